The van der Waals surface area contributed by atoms with Crippen molar-refractivity contribution in [3.8, 4) is 0 Å². The average Bonchev–Trinajstić information content (AvgIpc) is 2.66. The largest absolute Gasteiger partial charge is 0.292 e. The number of carbonyl (C=O) groups is 1. The smallest absolute Gasteiger partial charge is 0.267 e. The van der Waals surface area contributed by atoms with Crippen LogP contribution in [0.3, 0.4) is 0 Å². The molecule has 1 heterocycles. The Bertz CT molecular complexity index is 1060. The maximum atomic E-state index is 12.6. The number of nitrogens with one attached hydrogen (secondary N) is 1. The third-order valence-corrected chi connectivity index (χ3v) is 4.23. The molecule has 0 radical (unpaired) electrons. The van der Waals surface area contributed by atoms with Gasteiger partial charge in [0, 0.05) is 17.5 Å². The third-order valence-electron chi connectivity index (χ3n) is 3.98. The van der Waals surface area contributed by atoms with E-state index in [1.165, 1.54) is 7.05 Å². The van der Waals surface area contributed by atoms with Crippen molar-refractivity contribution in [3.63, 3.8) is 0 Å². The number of hydrogen-bond donors (Lipinski definition) is 1. The Morgan fingerprint density at radius 1 is 1.15 bits per heavy atom. The summed E-state index contributed by atoms with van der Waals surface area (Å²) in [6, 6.07) is 14.1. The molecule has 0 aliphatic rings. The number of halogens is 1. The molecular formula is C19H17ClN4O2. The molecule has 0 spiro atoms. The Labute approximate surface area is 155 Å². The first-order valence-corrected chi connectivity index (χ1v) is 8.48. The van der Waals surface area contributed by atoms with Gasteiger partial charge in [0.15, 0.2) is 5.69 Å². The molecule has 1 amide bonds. The molecule has 0 fully saturated rings. The van der Waals surface area contributed by atoms with Gasteiger partial charge in [-0.2, -0.15) is 10.2 Å². The van der Waals surface area contributed by atoms with Gasteiger partial charge < -0.3 is 0 Å². The summed E-state index contributed by atoms with van der Waals surface area (Å²) in [6.07, 6.45) is 0.628. The molecule has 2 aromatic carbocycles. The molecule has 0 bridgehead atoms. The highest BCUT2D eigenvalue weighted by Gasteiger charge is 2.15. The minimum Gasteiger partial charge on any atom is -0.267 e. The van der Waals surface area contributed by atoms with E-state index in [4.69, 9.17) is 11.6 Å². The molecule has 0 aliphatic heterocycles. The fraction of sp³-hybridized carbons (Fsp3) is 0.158. The van der Waals surface area contributed by atoms with Crippen molar-refractivity contribution in [1.82, 2.24) is 15.2 Å². The van der Waals surface area contributed by atoms with Crippen molar-refractivity contribution in [2.24, 2.45) is 12.1 Å². The summed E-state index contributed by atoms with van der Waals surface area (Å²) in [5, 5.41) is 9.88. The van der Waals surface area contributed by atoms with Gasteiger partial charge in [0.1, 0.15) is 0 Å². The highest BCUT2D eigenvalue weighted by molar-refractivity contribution is 6.30. The van der Waals surface area contributed by atoms with Crippen LogP contribution in [0, 0.1) is 0 Å². The maximum absolute atomic E-state index is 12.6. The number of amides is 1. The summed E-state index contributed by atoms with van der Waals surface area (Å²) in [5.74, 6) is -0.475. The van der Waals surface area contributed by atoms with Crippen LogP contribution in [0.5, 0.6) is 0 Å². The van der Waals surface area contributed by atoms with Crippen molar-refractivity contribution in [1.29, 1.82) is 0 Å². The molecule has 0 unspecified atom stereocenters. The van der Waals surface area contributed by atoms with Gasteiger partial charge >= 0.3 is 0 Å². The zero-order valence-corrected chi connectivity index (χ0v) is 15.1. The van der Waals surface area contributed by atoms with E-state index in [2.05, 4.69) is 15.6 Å². The van der Waals surface area contributed by atoms with E-state index >= 15 is 0 Å². The summed E-state index contributed by atoms with van der Waals surface area (Å²) < 4.78 is 1.15. The molecule has 3 rings (SSSR count). The van der Waals surface area contributed by atoms with Gasteiger partial charge in [-0.3, -0.25) is 9.59 Å². The third kappa shape index (κ3) is 3.50. The van der Waals surface area contributed by atoms with Gasteiger partial charge in [-0.25, -0.2) is 10.1 Å². The summed E-state index contributed by atoms with van der Waals surface area (Å²) >= 11 is 5.90. The Morgan fingerprint density at radius 3 is 2.46 bits per heavy atom. The first kappa shape index (κ1) is 17.8. The highest BCUT2D eigenvalue weighted by Crippen LogP contribution is 2.14. The molecule has 1 N–H and O–H groups in total. The lowest BCUT2D eigenvalue weighted by Crippen LogP contribution is -2.27. The molecule has 0 saturated heterocycles. The van der Waals surface area contributed by atoms with Crippen molar-refractivity contribution in [3.05, 3.63) is 75.2 Å². The zero-order chi connectivity index (χ0) is 18.7. The van der Waals surface area contributed by atoms with Crippen LogP contribution in [0.15, 0.2) is 58.4 Å². The second kappa shape index (κ2) is 7.49. The van der Waals surface area contributed by atoms with Crippen molar-refractivity contribution >= 4 is 34.0 Å². The number of benzene rings is 2. The lowest BCUT2D eigenvalue weighted by Gasteiger charge is -2.08. The lowest BCUT2D eigenvalue weighted by molar-refractivity contribution is 0.0949. The van der Waals surface area contributed by atoms with Crippen molar-refractivity contribution in [2.75, 3.05) is 0 Å². The number of nitrogens with zero attached hydrogens (tertiary/aromatic N) is 3. The predicted molar refractivity (Wildman–Crippen MR) is 103 cm³/mol. The number of hydrazone groups is 1. The quantitative estimate of drug-likeness (QED) is 0.567. The van der Waals surface area contributed by atoms with Crippen LogP contribution in [-0.2, 0) is 7.05 Å². The second-order valence-corrected chi connectivity index (χ2v) is 6.12. The molecule has 26 heavy (non-hydrogen) atoms. The normalized spacial score (nSPS) is 11.6. The van der Waals surface area contributed by atoms with Crippen LogP contribution in [0.25, 0.3) is 10.8 Å². The number of fused-ring (bicyclic) bond motifs is 1. The van der Waals surface area contributed by atoms with Gasteiger partial charge in [0.05, 0.1) is 11.1 Å². The topological polar surface area (TPSA) is 76.3 Å². The van der Waals surface area contributed by atoms with Crippen LogP contribution in [-0.4, -0.2) is 21.4 Å². The Morgan fingerprint density at radius 2 is 1.81 bits per heavy atom. The summed E-state index contributed by atoms with van der Waals surface area (Å²) in [4.78, 5) is 24.8. The van der Waals surface area contributed by atoms with E-state index in [0.717, 1.165) is 10.2 Å². The average molecular weight is 369 g/mol. The Kier molecular flexibility index (Phi) is 5.14. The lowest BCUT2D eigenvalue weighted by atomic mass is 10.1. The minimum absolute atomic E-state index is 0.151. The van der Waals surface area contributed by atoms with Gasteiger partial charge in [-0.05, 0) is 30.2 Å². The standard InChI is InChI=1S/C19H17ClN4O2/c1-3-16(12-8-10-13(20)11-9-12)21-22-18(25)17-14-6-4-5-7-15(14)19(26)24(2)23-17/h4-11H,3H2,1-2H3,(H,22,25)/b21-16+. The molecule has 1 aromatic heterocycles. The van der Waals surface area contributed by atoms with Gasteiger partial charge in [-0.15, -0.1) is 0 Å². The van der Waals surface area contributed by atoms with Crippen LogP contribution < -0.4 is 11.0 Å². The van der Waals surface area contributed by atoms with Gasteiger partial charge in [-0.1, -0.05) is 48.9 Å². The van der Waals surface area contributed by atoms with Gasteiger partial charge in [0.2, 0.25) is 0 Å². The highest BCUT2D eigenvalue weighted by atomic mass is 35.5. The van der Waals surface area contributed by atoms with E-state index in [-0.39, 0.29) is 11.3 Å². The molecule has 7 heteroatoms. The van der Waals surface area contributed by atoms with E-state index in [1.807, 2.05) is 19.1 Å². The molecule has 0 aliphatic carbocycles. The summed E-state index contributed by atoms with van der Waals surface area (Å²) in [5.41, 5.74) is 4.02. The molecule has 132 valence electrons. The fourth-order valence-corrected chi connectivity index (χ4v) is 2.75. The zero-order valence-electron chi connectivity index (χ0n) is 14.4. The van der Waals surface area contributed by atoms with Crippen molar-refractivity contribution < 1.29 is 4.79 Å². The van der Waals surface area contributed by atoms with Crippen LogP contribution in [0.2, 0.25) is 5.02 Å². The molecular weight excluding hydrogens is 352 g/mol. The van der Waals surface area contributed by atoms with Crippen LogP contribution >= 0.6 is 11.6 Å². The number of carbonyl (C=O) groups excluding carboxylic acids is 1. The summed E-state index contributed by atoms with van der Waals surface area (Å²) in [7, 11) is 1.51. The Hall–Kier alpha value is -2.99. The maximum Gasteiger partial charge on any atom is 0.292 e. The first-order valence-electron chi connectivity index (χ1n) is 8.10. The second-order valence-electron chi connectivity index (χ2n) is 5.68. The van der Waals surface area contributed by atoms with E-state index in [1.54, 1.807) is 36.4 Å². The number of hydrogen-bond acceptors (Lipinski definition) is 4. The van der Waals surface area contributed by atoms with E-state index in [9.17, 15) is 9.59 Å². The van der Waals surface area contributed by atoms with E-state index < -0.39 is 5.91 Å². The van der Waals surface area contributed by atoms with Crippen molar-refractivity contribution in [2.45, 2.75) is 13.3 Å². The molecule has 0 atom stereocenters. The summed E-state index contributed by atoms with van der Waals surface area (Å²) in [6.45, 7) is 1.94. The molecule has 6 nitrogen and oxygen atoms in total. The SMILES string of the molecule is CC/C(=N\NC(=O)c1nn(C)c(=O)c2ccccc12)c1ccc(Cl)cc1. The Balaban J connectivity index is 1.95. The predicted octanol–water partition coefficient (Wildman–Crippen LogP) is 3.13. The molecule has 3 aromatic rings. The minimum atomic E-state index is -0.475. The fourth-order valence-electron chi connectivity index (χ4n) is 2.63. The van der Waals surface area contributed by atoms with Crippen LogP contribution in [0.4, 0.5) is 0 Å². The monoisotopic (exact) mass is 368 g/mol. The number of aromatic nitrogens is 2. The molecule has 0 saturated carbocycles. The van der Waals surface area contributed by atoms with Crippen LogP contribution in [0.1, 0.15) is 29.4 Å². The first-order chi connectivity index (χ1) is 12.5. The van der Waals surface area contributed by atoms with Gasteiger partial charge in [0.25, 0.3) is 11.5 Å². The number of rotatable bonds is 4. The van der Waals surface area contributed by atoms with E-state index in [0.29, 0.717) is 27.9 Å². The number of aryl methyl sites for hydroxylation is 1.